The van der Waals surface area contributed by atoms with E-state index in [0.29, 0.717) is 5.69 Å². The fourth-order valence-electron chi connectivity index (χ4n) is 1.41. The molecule has 1 aromatic carbocycles. The number of likely N-dealkylation sites (N-methyl/N-ethyl adjacent to an activating group) is 1. The maximum atomic E-state index is 12.6. The average Bonchev–Trinajstić information content (AvgIpc) is 2.28. The Hall–Kier alpha value is -1.95. The molecule has 0 fully saturated rings. The van der Waals surface area contributed by atoms with E-state index in [4.69, 9.17) is 5.11 Å². The summed E-state index contributed by atoms with van der Waals surface area (Å²) < 4.78 is 12.6. The molecule has 1 unspecified atom stereocenters. The molecule has 0 aromatic heterocycles. The van der Waals surface area contributed by atoms with E-state index in [1.807, 2.05) is 0 Å². The summed E-state index contributed by atoms with van der Waals surface area (Å²) in [5, 5.41) is 11.4. The molecule has 1 atom stereocenters. The summed E-state index contributed by atoms with van der Waals surface area (Å²) in [7, 11) is 3.17. The molecule has 0 saturated heterocycles. The fraction of sp³-hybridized carbons (Fsp3) is 0.333. The first-order chi connectivity index (χ1) is 8.40. The Morgan fingerprint density at radius 1 is 1.33 bits per heavy atom. The average molecular weight is 254 g/mol. The van der Waals surface area contributed by atoms with Crippen LogP contribution in [0.15, 0.2) is 24.3 Å². The highest BCUT2D eigenvalue weighted by molar-refractivity contribution is 5.93. The van der Waals surface area contributed by atoms with E-state index in [1.165, 1.54) is 29.2 Å². The number of nitrogens with one attached hydrogen (secondary N) is 1. The second-order valence-electron chi connectivity index (χ2n) is 4.08. The molecule has 0 saturated carbocycles. The molecule has 1 aromatic rings. The summed E-state index contributed by atoms with van der Waals surface area (Å²) in [4.78, 5) is 24.0. The Morgan fingerprint density at radius 3 is 2.33 bits per heavy atom. The van der Waals surface area contributed by atoms with Crippen LogP contribution in [0.2, 0.25) is 0 Å². The van der Waals surface area contributed by atoms with Crippen molar-refractivity contribution in [1.82, 2.24) is 4.90 Å². The molecule has 1 rings (SSSR count). The van der Waals surface area contributed by atoms with Gasteiger partial charge in [0, 0.05) is 5.69 Å². The molecule has 0 radical (unpaired) electrons. The van der Waals surface area contributed by atoms with Gasteiger partial charge >= 0.3 is 5.97 Å². The number of halogens is 1. The number of carboxylic acid groups (broad SMARTS) is 1. The molecule has 0 spiro atoms. The second-order valence-corrected chi connectivity index (χ2v) is 4.08. The maximum absolute atomic E-state index is 12.6. The molecular weight excluding hydrogens is 239 g/mol. The van der Waals surface area contributed by atoms with E-state index in [9.17, 15) is 14.0 Å². The van der Waals surface area contributed by atoms with E-state index in [-0.39, 0.29) is 6.42 Å². The van der Waals surface area contributed by atoms with Crippen LogP contribution in [-0.4, -0.2) is 42.0 Å². The molecular formula is C12H15FN2O3. The van der Waals surface area contributed by atoms with E-state index >= 15 is 0 Å². The van der Waals surface area contributed by atoms with Gasteiger partial charge in [-0.1, -0.05) is 0 Å². The van der Waals surface area contributed by atoms with Crippen molar-refractivity contribution < 1.29 is 19.1 Å². The normalized spacial score (nSPS) is 12.2. The Bertz CT molecular complexity index is 431. The lowest BCUT2D eigenvalue weighted by Gasteiger charge is -2.19. The SMILES string of the molecule is CN(C)C(CC(=O)Nc1ccc(F)cc1)C(=O)O. The molecule has 0 heterocycles. The van der Waals surface area contributed by atoms with Crippen molar-refractivity contribution in [3.05, 3.63) is 30.1 Å². The monoisotopic (exact) mass is 254 g/mol. The highest BCUT2D eigenvalue weighted by atomic mass is 19.1. The van der Waals surface area contributed by atoms with Crippen LogP contribution in [0.5, 0.6) is 0 Å². The number of aliphatic carboxylic acids is 1. The van der Waals surface area contributed by atoms with Gasteiger partial charge in [0.05, 0.1) is 6.42 Å². The fourth-order valence-corrected chi connectivity index (χ4v) is 1.41. The van der Waals surface area contributed by atoms with Crippen LogP contribution >= 0.6 is 0 Å². The highest BCUT2D eigenvalue weighted by Crippen LogP contribution is 2.10. The zero-order chi connectivity index (χ0) is 13.7. The van der Waals surface area contributed by atoms with Crippen molar-refractivity contribution in [3.8, 4) is 0 Å². The van der Waals surface area contributed by atoms with Gasteiger partial charge in [0.25, 0.3) is 0 Å². The van der Waals surface area contributed by atoms with Gasteiger partial charge in [0.2, 0.25) is 5.91 Å². The van der Waals surface area contributed by atoms with Crippen molar-refractivity contribution in [3.63, 3.8) is 0 Å². The van der Waals surface area contributed by atoms with Crippen LogP contribution in [-0.2, 0) is 9.59 Å². The number of hydrogen-bond donors (Lipinski definition) is 2. The molecule has 2 N–H and O–H groups in total. The third kappa shape index (κ3) is 4.14. The van der Waals surface area contributed by atoms with Gasteiger partial charge in [-0.15, -0.1) is 0 Å². The molecule has 18 heavy (non-hydrogen) atoms. The van der Waals surface area contributed by atoms with Crippen LogP contribution in [0.1, 0.15) is 6.42 Å². The van der Waals surface area contributed by atoms with Gasteiger partial charge in [0.15, 0.2) is 0 Å². The number of carboxylic acids is 1. The van der Waals surface area contributed by atoms with Crippen LogP contribution in [0.25, 0.3) is 0 Å². The molecule has 0 aliphatic heterocycles. The van der Waals surface area contributed by atoms with E-state index in [0.717, 1.165) is 0 Å². The first-order valence-corrected chi connectivity index (χ1v) is 5.35. The topological polar surface area (TPSA) is 69.6 Å². The third-order valence-electron chi connectivity index (χ3n) is 2.42. The minimum absolute atomic E-state index is 0.167. The quantitative estimate of drug-likeness (QED) is 0.827. The van der Waals surface area contributed by atoms with Gasteiger partial charge in [-0.2, -0.15) is 0 Å². The van der Waals surface area contributed by atoms with Crippen LogP contribution in [0, 0.1) is 5.82 Å². The Labute approximate surface area is 104 Å². The third-order valence-corrected chi connectivity index (χ3v) is 2.42. The van der Waals surface area contributed by atoms with Crippen molar-refractivity contribution in [1.29, 1.82) is 0 Å². The van der Waals surface area contributed by atoms with Crippen LogP contribution < -0.4 is 5.32 Å². The number of carbonyl (C=O) groups is 2. The largest absolute Gasteiger partial charge is 0.480 e. The molecule has 0 bridgehead atoms. The molecule has 5 nitrogen and oxygen atoms in total. The summed E-state index contributed by atoms with van der Waals surface area (Å²) >= 11 is 0. The lowest BCUT2D eigenvalue weighted by molar-refractivity contribution is -0.144. The summed E-state index contributed by atoms with van der Waals surface area (Å²) in [6.45, 7) is 0. The van der Waals surface area contributed by atoms with Crippen LogP contribution in [0.3, 0.4) is 0 Å². The molecule has 1 amide bonds. The smallest absolute Gasteiger partial charge is 0.321 e. The van der Waals surface area contributed by atoms with Crippen molar-refractivity contribution >= 4 is 17.6 Å². The zero-order valence-corrected chi connectivity index (χ0v) is 10.2. The molecule has 98 valence electrons. The standard InChI is InChI=1S/C12H15FN2O3/c1-15(2)10(12(17)18)7-11(16)14-9-5-3-8(13)4-6-9/h3-6,10H,7H2,1-2H3,(H,14,16)(H,17,18). The zero-order valence-electron chi connectivity index (χ0n) is 10.2. The molecule has 0 aliphatic rings. The number of hydrogen-bond acceptors (Lipinski definition) is 3. The van der Waals surface area contributed by atoms with Gasteiger partial charge in [0.1, 0.15) is 11.9 Å². The summed E-state index contributed by atoms with van der Waals surface area (Å²) in [6, 6.07) is 4.38. The Kier molecular flexibility index (Phi) is 4.79. The second kappa shape index (κ2) is 6.11. The van der Waals surface area contributed by atoms with E-state index in [1.54, 1.807) is 14.1 Å². The first-order valence-electron chi connectivity index (χ1n) is 5.35. The van der Waals surface area contributed by atoms with Gasteiger partial charge in [-0.05, 0) is 38.4 Å². The van der Waals surface area contributed by atoms with Gasteiger partial charge in [-0.3, -0.25) is 14.5 Å². The lowest BCUT2D eigenvalue weighted by Crippen LogP contribution is -2.38. The van der Waals surface area contributed by atoms with Gasteiger partial charge < -0.3 is 10.4 Å². The number of rotatable bonds is 5. The summed E-state index contributed by atoms with van der Waals surface area (Å²) in [6.07, 6.45) is -0.167. The van der Waals surface area contributed by atoms with E-state index < -0.39 is 23.7 Å². The number of anilines is 1. The first kappa shape index (κ1) is 14.1. The van der Waals surface area contributed by atoms with Crippen molar-refractivity contribution in [2.24, 2.45) is 0 Å². The summed E-state index contributed by atoms with van der Waals surface area (Å²) in [5.41, 5.74) is 0.435. The minimum Gasteiger partial charge on any atom is -0.480 e. The number of benzene rings is 1. The Morgan fingerprint density at radius 2 is 1.89 bits per heavy atom. The summed E-state index contributed by atoms with van der Waals surface area (Å²) in [5.74, 6) is -1.89. The van der Waals surface area contributed by atoms with Gasteiger partial charge in [-0.25, -0.2) is 4.39 Å². The number of carbonyl (C=O) groups excluding carboxylic acids is 1. The number of amides is 1. The van der Waals surface area contributed by atoms with E-state index in [2.05, 4.69) is 5.32 Å². The maximum Gasteiger partial charge on any atom is 0.321 e. The number of nitrogens with zero attached hydrogens (tertiary/aromatic N) is 1. The molecule has 0 aliphatic carbocycles. The molecule has 6 heteroatoms. The minimum atomic E-state index is -1.06. The van der Waals surface area contributed by atoms with Crippen molar-refractivity contribution in [2.45, 2.75) is 12.5 Å². The van der Waals surface area contributed by atoms with Crippen LogP contribution in [0.4, 0.5) is 10.1 Å². The highest BCUT2D eigenvalue weighted by Gasteiger charge is 2.23. The Balaban J connectivity index is 2.60. The predicted octanol–water partition coefficient (Wildman–Crippen LogP) is 1.17. The lowest BCUT2D eigenvalue weighted by atomic mass is 10.2. The van der Waals surface area contributed by atoms with Crippen molar-refractivity contribution in [2.75, 3.05) is 19.4 Å². The predicted molar refractivity (Wildman–Crippen MR) is 64.8 cm³/mol.